The fourth-order valence-electron chi connectivity index (χ4n) is 4.03. The molecule has 6 heteroatoms. The van der Waals surface area contributed by atoms with E-state index in [1.54, 1.807) is 0 Å². The molecule has 0 amide bonds. The maximum Gasteiger partial charge on any atom is 0.193 e. The van der Waals surface area contributed by atoms with Gasteiger partial charge < -0.3 is 10.2 Å². The lowest BCUT2D eigenvalue weighted by Crippen LogP contribution is -2.45. The number of aliphatic imine (C=N–C) groups is 1. The van der Waals surface area contributed by atoms with Gasteiger partial charge in [0, 0.05) is 32.9 Å². The molecule has 24 heavy (non-hydrogen) atoms. The summed E-state index contributed by atoms with van der Waals surface area (Å²) >= 11 is 0. The molecule has 2 rings (SSSR count). The molecule has 1 spiro atoms. The standard InChI is InChI=1S/C18H35N3O2S/c1-17(2,11-13-24(4,22)23)14-20-16(19-3)21-12-10-18(15-21)8-6-5-7-9-18/h5-15H2,1-4H3,(H,19,20). The van der Waals surface area contributed by atoms with Crippen LogP contribution in [0, 0.1) is 10.8 Å². The van der Waals surface area contributed by atoms with Gasteiger partial charge >= 0.3 is 0 Å². The van der Waals surface area contributed by atoms with Crippen molar-refractivity contribution in [2.45, 2.75) is 58.8 Å². The van der Waals surface area contributed by atoms with Crippen LogP contribution in [0.3, 0.4) is 0 Å². The van der Waals surface area contributed by atoms with Crippen LogP contribution in [0.2, 0.25) is 0 Å². The third kappa shape index (κ3) is 5.64. The van der Waals surface area contributed by atoms with E-state index in [0.717, 1.165) is 25.6 Å². The largest absolute Gasteiger partial charge is 0.356 e. The second-order valence-electron chi connectivity index (χ2n) is 8.68. The number of sulfone groups is 1. The van der Waals surface area contributed by atoms with Crippen molar-refractivity contribution in [3.05, 3.63) is 0 Å². The fraction of sp³-hybridized carbons (Fsp3) is 0.944. The fourth-order valence-corrected chi connectivity index (χ4v) is 4.95. The molecule has 1 aliphatic heterocycles. The van der Waals surface area contributed by atoms with Gasteiger partial charge in [-0.15, -0.1) is 0 Å². The number of likely N-dealkylation sites (tertiary alicyclic amines) is 1. The zero-order chi connectivity index (χ0) is 17.8. The number of nitrogens with zero attached hydrogens (tertiary/aromatic N) is 2. The van der Waals surface area contributed by atoms with Crippen LogP contribution < -0.4 is 5.32 Å². The molecular weight excluding hydrogens is 322 g/mol. The van der Waals surface area contributed by atoms with E-state index in [1.807, 2.05) is 7.05 Å². The molecule has 0 aromatic carbocycles. The van der Waals surface area contributed by atoms with Gasteiger partial charge in [0.25, 0.3) is 0 Å². The summed E-state index contributed by atoms with van der Waals surface area (Å²) < 4.78 is 22.8. The minimum atomic E-state index is -2.90. The Kier molecular flexibility index (Phi) is 6.21. The summed E-state index contributed by atoms with van der Waals surface area (Å²) in [6, 6.07) is 0. The van der Waals surface area contributed by atoms with Crippen molar-refractivity contribution in [1.82, 2.24) is 10.2 Å². The first-order valence-corrected chi connectivity index (χ1v) is 11.3. The van der Waals surface area contributed by atoms with E-state index in [0.29, 0.717) is 11.8 Å². The first kappa shape index (κ1) is 19.5. The number of hydrogen-bond donors (Lipinski definition) is 1. The molecule has 1 N–H and O–H groups in total. The van der Waals surface area contributed by atoms with E-state index < -0.39 is 9.84 Å². The summed E-state index contributed by atoms with van der Waals surface area (Å²) in [6.45, 7) is 7.19. The lowest BCUT2D eigenvalue weighted by atomic mass is 9.73. The Morgan fingerprint density at radius 2 is 1.88 bits per heavy atom. The molecular formula is C18H35N3O2S. The van der Waals surface area contributed by atoms with E-state index in [9.17, 15) is 8.42 Å². The average molecular weight is 358 g/mol. The number of guanidine groups is 1. The number of rotatable bonds is 5. The van der Waals surface area contributed by atoms with Gasteiger partial charge in [0.05, 0.1) is 5.75 Å². The molecule has 1 aliphatic carbocycles. The lowest BCUT2D eigenvalue weighted by molar-refractivity contribution is 0.203. The zero-order valence-corrected chi connectivity index (χ0v) is 16.7. The van der Waals surface area contributed by atoms with Gasteiger partial charge in [0.2, 0.25) is 0 Å². The maximum atomic E-state index is 11.4. The second-order valence-corrected chi connectivity index (χ2v) is 10.9. The van der Waals surface area contributed by atoms with Crippen molar-refractivity contribution in [2.75, 3.05) is 38.7 Å². The van der Waals surface area contributed by atoms with Crippen LogP contribution >= 0.6 is 0 Å². The van der Waals surface area contributed by atoms with Crippen LogP contribution in [0.15, 0.2) is 4.99 Å². The molecule has 1 saturated heterocycles. The molecule has 2 aliphatic rings. The highest BCUT2D eigenvalue weighted by atomic mass is 32.2. The molecule has 0 unspecified atom stereocenters. The summed E-state index contributed by atoms with van der Waals surface area (Å²) in [5.41, 5.74) is 0.447. The Balaban J connectivity index is 1.86. The first-order chi connectivity index (χ1) is 11.1. The molecule has 5 nitrogen and oxygen atoms in total. The molecule has 0 bridgehead atoms. The third-order valence-electron chi connectivity index (χ3n) is 5.74. The summed E-state index contributed by atoms with van der Waals surface area (Å²) in [6.07, 6.45) is 10.1. The van der Waals surface area contributed by atoms with E-state index in [2.05, 4.69) is 29.1 Å². The van der Waals surface area contributed by atoms with Gasteiger partial charge in [-0.2, -0.15) is 0 Å². The second kappa shape index (κ2) is 7.63. The van der Waals surface area contributed by atoms with E-state index in [4.69, 9.17) is 0 Å². The molecule has 2 fully saturated rings. The highest BCUT2D eigenvalue weighted by molar-refractivity contribution is 7.90. The van der Waals surface area contributed by atoms with Crippen molar-refractivity contribution in [3.8, 4) is 0 Å². The van der Waals surface area contributed by atoms with Crippen molar-refractivity contribution in [2.24, 2.45) is 15.8 Å². The van der Waals surface area contributed by atoms with Gasteiger partial charge in [0.1, 0.15) is 9.84 Å². The van der Waals surface area contributed by atoms with Gasteiger partial charge in [0.15, 0.2) is 5.96 Å². The van der Waals surface area contributed by atoms with Crippen molar-refractivity contribution in [3.63, 3.8) is 0 Å². The zero-order valence-electron chi connectivity index (χ0n) is 15.9. The molecule has 1 saturated carbocycles. The van der Waals surface area contributed by atoms with E-state index in [-0.39, 0.29) is 11.2 Å². The summed E-state index contributed by atoms with van der Waals surface area (Å²) in [5, 5.41) is 3.49. The van der Waals surface area contributed by atoms with Crippen LogP contribution in [-0.4, -0.2) is 58.0 Å². The number of hydrogen-bond acceptors (Lipinski definition) is 3. The summed E-state index contributed by atoms with van der Waals surface area (Å²) in [7, 11) is -1.06. The Labute approximate surface area is 148 Å². The Hall–Kier alpha value is -0.780. The minimum absolute atomic E-state index is 0.0682. The molecule has 140 valence electrons. The van der Waals surface area contributed by atoms with Crippen LogP contribution in [0.5, 0.6) is 0 Å². The predicted molar refractivity (Wildman–Crippen MR) is 101 cm³/mol. The van der Waals surface area contributed by atoms with Crippen LogP contribution in [0.1, 0.15) is 58.8 Å². The Bertz CT molecular complexity index is 549. The highest BCUT2D eigenvalue weighted by Crippen LogP contribution is 2.43. The van der Waals surface area contributed by atoms with Crippen LogP contribution in [0.25, 0.3) is 0 Å². The summed E-state index contributed by atoms with van der Waals surface area (Å²) in [4.78, 5) is 6.87. The lowest BCUT2D eigenvalue weighted by Gasteiger charge is -2.34. The third-order valence-corrected chi connectivity index (χ3v) is 6.68. The monoisotopic (exact) mass is 357 g/mol. The van der Waals surface area contributed by atoms with Crippen molar-refractivity contribution < 1.29 is 8.42 Å². The molecule has 0 aromatic rings. The Morgan fingerprint density at radius 1 is 1.21 bits per heavy atom. The smallest absolute Gasteiger partial charge is 0.193 e. The van der Waals surface area contributed by atoms with Crippen LogP contribution in [0.4, 0.5) is 0 Å². The SMILES string of the molecule is CN=C(NCC(C)(C)CCS(C)(=O)=O)N1CCC2(CCCCC2)C1. The van der Waals surface area contributed by atoms with Gasteiger partial charge in [-0.3, -0.25) is 4.99 Å². The van der Waals surface area contributed by atoms with Gasteiger partial charge in [-0.05, 0) is 36.5 Å². The van der Waals surface area contributed by atoms with Gasteiger partial charge in [-0.25, -0.2) is 8.42 Å². The quantitative estimate of drug-likeness (QED) is 0.607. The molecule has 0 atom stereocenters. The van der Waals surface area contributed by atoms with Crippen molar-refractivity contribution in [1.29, 1.82) is 0 Å². The van der Waals surface area contributed by atoms with E-state index >= 15 is 0 Å². The van der Waals surface area contributed by atoms with Crippen LogP contribution in [-0.2, 0) is 9.84 Å². The molecule has 0 radical (unpaired) electrons. The number of nitrogens with one attached hydrogen (secondary N) is 1. The Morgan fingerprint density at radius 3 is 2.46 bits per heavy atom. The first-order valence-electron chi connectivity index (χ1n) is 9.28. The topological polar surface area (TPSA) is 61.8 Å². The van der Waals surface area contributed by atoms with Gasteiger partial charge in [-0.1, -0.05) is 33.1 Å². The average Bonchev–Trinajstić information content (AvgIpc) is 2.90. The molecule has 1 heterocycles. The van der Waals surface area contributed by atoms with Crippen molar-refractivity contribution >= 4 is 15.8 Å². The normalized spacial score (nSPS) is 22.2. The minimum Gasteiger partial charge on any atom is -0.356 e. The highest BCUT2D eigenvalue weighted by Gasteiger charge is 2.39. The van der Waals surface area contributed by atoms with E-state index in [1.165, 1.54) is 44.8 Å². The predicted octanol–water partition coefficient (Wildman–Crippen LogP) is 2.68. The maximum absolute atomic E-state index is 11.4. The summed E-state index contributed by atoms with van der Waals surface area (Å²) in [5.74, 6) is 1.22. The molecule has 0 aromatic heterocycles.